The molecule has 2 atom stereocenters. The first-order valence-electron chi connectivity index (χ1n) is 12.6. The van der Waals surface area contributed by atoms with Crippen LogP contribution in [-0.4, -0.2) is 31.6 Å². The molecular weight excluding hydrogens is 428 g/mol. The fraction of sp³-hybridized carbons (Fsp3) is 0.355. The van der Waals surface area contributed by atoms with Crippen molar-refractivity contribution in [3.05, 3.63) is 108 Å². The number of rotatable bonds is 13. The molecule has 0 saturated heterocycles. The van der Waals surface area contributed by atoms with Crippen molar-refractivity contribution in [3.8, 4) is 0 Å². The summed E-state index contributed by atoms with van der Waals surface area (Å²) in [6.45, 7) is 13.3. The molecule has 0 bridgehead atoms. The number of nitrogens with one attached hydrogen (secondary N) is 2. The molecule has 0 radical (unpaired) electrons. The lowest BCUT2D eigenvalue weighted by molar-refractivity contribution is 0.362. The van der Waals surface area contributed by atoms with Gasteiger partial charge in [0.25, 0.3) is 0 Å². The lowest BCUT2D eigenvalue weighted by Gasteiger charge is -2.28. The van der Waals surface area contributed by atoms with E-state index in [1.807, 2.05) is 13.0 Å². The summed E-state index contributed by atoms with van der Waals surface area (Å²) in [4.78, 5) is 2.17. The molecule has 0 aromatic heterocycles. The van der Waals surface area contributed by atoms with Crippen molar-refractivity contribution in [2.24, 2.45) is 5.73 Å². The average Bonchev–Trinajstić information content (AvgIpc) is 2.83. The number of benzene rings is 2. The summed E-state index contributed by atoms with van der Waals surface area (Å²) in [7, 11) is 4.16. The van der Waals surface area contributed by atoms with Gasteiger partial charge in [0.05, 0.1) is 12.3 Å². The normalized spacial score (nSPS) is 14.7. The second-order valence-corrected chi connectivity index (χ2v) is 9.39. The van der Waals surface area contributed by atoms with E-state index in [-0.39, 0.29) is 18.4 Å². The Labute approximate surface area is 213 Å². The summed E-state index contributed by atoms with van der Waals surface area (Å²) in [5, 5.41) is 7.28. The van der Waals surface area contributed by atoms with Gasteiger partial charge in [-0.3, -0.25) is 10.6 Å². The van der Waals surface area contributed by atoms with Gasteiger partial charge in [-0.05, 0) is 86.8 Å². The Morgan fingerprint density at radius 3 is 2.17 bits per heavy atom. The van der Waals surface area contributed by atoms with E-state index in [0.717, 1.165) is 24.1 Å². The number of hydrogen-bond acceptors (Lipinski definition) is 4. The third-order valence-electron chi connectivity index (χ3n) is 5.73. The summed E-state index contributed by atoms with van der Waals surface area (Å²) >= 11 is 0. The fourth-order valence-electron chi connectivity index (χ4n) is 4.05. The summed E-state index contributed by atoms with van der Waals surface area (Å²) in [6.07, 6.45) is 10.8. The third-order valence-corrected chi connectivity index (χ3v) is 5.73. The van der Waals surface area contributed by atoms with E-state index in [2.05, 4.69) is 130 Å². The fourth-order valence-corrected chi connectivity index (χ4v) is 4.05. The second-order valence-electron chi connectivity index (χ2n) is 9.39. The highest BCUT2D eigenvalue weighted by molar-refractivity contribution is 5.69. The van der Waals surface area contributed by atoms with Gasteiger partial charge in [-0.2, -0.15) is 0 Å². The quantitative estimate of drug-likeness (QED) is 0.232. The zero-order chi connectivity index (χ0) is 25.8. The molecule has 0 spiro atoms. The third kappa shape index (κ3) is 9.08. The van der Waals surface area contributed by atoms with Gasteiger partial charge in [0, 0.05) is 12.6 Å². The lowest BCUT2D eigenvalue weighted by Crippen LogP contribution is -2.42. The van der Waals surface area contributed by atoms with Crippen LogP contribution >= 0.6 is 0 Å². The Bertz CT molecular complexity index is 1030. The van der Waals surface area contributed by atoms with Crippen LogP contribution in [0.1, 0.15) is 68.7 Å². The van der Waals surface area contributed by atoms with Gasteiger partial charge in [-0.1, -0.05) is 80.3 Å². The predicted molar refractivity (Wildman–Crippen MR) is 154 cm³/mol. The zero-order valence-corrected chi connectivity index (χ0v) is 22.4. The second kappa shape index (κ2) is 14.6. The van der Waals surface area contributed by atoms with E-state index in [9.17, 15) is 0 Å². The Hall–Kier alpha value is -2.76. The molecule has 0 heterocycles. The topological polar surface area (TPSA) is 53.3 Å². The first-order chi connectivity index (χ1) is 16.8. The maximum absolute atomic E-state index is 6.72. The first-order valence-corrected chi connectivity index (χ1v) is 12.6. The van der Waals surface area contributed by atoms with Gasteiger partial charge in [0.15, 0.2) is 0 Å². The molecule has 188 valence electrons. The summed E-state index contributed by atoms with van der Waals surface area (Å²) in [5.41, 5.74) is 13.8. The van der Waals surface area contributed by atoms with E-state index >= 15 is 0 Å². The van der Waals surface area contributed by atoms with Crippen LogP contribution in [0.4, 0.5) is 0 Å². The Kier molecular flexibility index (Phi) is 11.9. The van der Waals surface area contributed by atoms with Gasteiger partial charge in [-0.15, -0.1) is 0 Å². The van der Waals surface area contributed by atoms with Crippen molar-refractivity contribution in [1.29, 1.82) is 0 Å². The highest BCUT2D eigenvalue weighted by Gasteiger charge is 2.18. The van der Waals surface area contributed by atoms with Gasteiger partial charge in [0.2, 0.25) is 0 Å². The molecule has 35 heavy (non-hydrogen) atoms. The van der Waals surface area contributed by atoms with Crippen molar-refractivity contribution in [1.82, 2.24) is 15.5 Å². The first kappa shape index (κ1) is 28.5. The van der Waals surface area contributed by atoms with Crippen LogP contribution in [0.3, 0.4) is 0 Å². The number of nitrogens with zero attached hydrogens (tertiary/aromatic N) is 1. The van der Waals surface area contributed by atoms with Crippen LogP contribution in [0.15, 0.2) is 85.5 Å². The van der Waals surface area contributed by atoms with E-state index in [1.165, 1.54) is 22.3 Å². The molecule has 4 heteroatoms. The smallest absolute Gasteiger partial charge is 0.0852 e. The number of likely N-dealkylation sites (N-methyl/N-ethyl adjacent to an activating group) is 1. The summed E-state index contributed by atoms with van der Waals surface area (Å²) in [5.74, 6) is 0. The molecule has 0 aliphatic carbocycles. The van der Waals surface area contributed by atoms with Crippen LogP contribution in [0.5, 0.6) is 0 Å². The van der Waals surface area contributed by atoms with Crippen LogP contribution in [-0.2, 0) is 0 Å². The molecular formula is C31H44N4. The van der Waals surface area contributed by atoms with Gasteiger partial charge >= 0.3 is 0 Å². The molecule has 4 nitrogen and oxygen atoms in total. The zero-order valence-electron chi connectivity index (χ0n) is 22.4. The molecule has 2 unspecified atom stereocenters. The maximum Gasteiger partial charge on any atom is 0.0852 e. The monoisotopic (exact) mass is 472 g/mol. The van der Waals surface area contributed by atoms with E-state index in [4.69, 9.17) is 5.73 Å². The van der Waals surface area contributed by atoms with Crippen molar-refractivity contribution in [3.63, 3.8) is 0 Å². The molecule has 0 amide bonds. The minimum absolute atomic E-state index is 0.0952. The Morgan fingerprint density at radius 1 is 0.971 bits per heavy atom. The SMILES string of the molecule is C=C/C=C(\CN(C)C)c1cccc(C(NC(C)C)NC(N)c2cccc(/C(=C/C=C\C)CC)c2)c1. The molecule has 0 aliphatic heterocycles. The van der Waals surface area contributed by atoms with Crippen molar-refractivity contribution >= 4 is 11.1 Å². The summed E-state index contributed by atoms with van der Waals surface area (Å²) in [6, 6.07) is 17.5. The van der Waals surface area contributed by atoms with Crippen molar-refractivity contribution in [2.45, 2.75) is 52.5 Å². The molecule has 2 rings (SSSR count). The molecule has 4 N–H and O–H groups in total. The van der Waals surface area contributed by atoms with Crippen LogP contribution < -0.4 is 16.4 Å². The van der Waals surface area contributed by atoms with Crippen LogP contribution in [0.25, 0.3) is 11.1 Å². The highest BCUT2D eigenvalue weighted by Crippen LogP contribution is 2.24. The Morgan fingerprint density at radius 2 is 1.60 bits per heavy atom. The Balaban J connectivity index is 2.36. The van der Waals surface area contributed by atoms with Gasteiger partial charge in [0.1, 0.15) is 0 Å². The molecule has 0 fully saturated rings. The molecule has 2 aromatic carbocycles. The predicted octanol–water partition coefficient (Wildman–Crippen LogP) is 6.43. The molecule has 2 aromatic rings. The number of nitrogens with two attached hydrogens (primary N) is 1. The minimum Gasteiger partial charge on any atom is -0.312 e. The van der Waals surface area contributed by atoms with Crippen molar-refractivity contribution < 1.29 is 0 Å². The van der Waals surface area contributed by atoms with E-state index in [1.54, 1.807) is 0 Å². The molecule has 0 aliphatic rings. The number of allylic oxidation sites excluding steroid dienone is 6. The number of hydrogen-bond donors (Lipinski definition) is 3. The van der Waals surface area contributed by atoms with Gasteiger partial charge < -0.3 is 10.6 Å². The molecule has 0 saturated carbocycles. The minimum atomic E-state index is -0.320. The van der Waals surface area contributed by atoms with Crippen molar-refractivity contribution in [2.75, 3.05) is 20.6 Å². The maximum atomic E-state index is 6.72. The summed E-state index contributed by atoms with van der Waals surface area (Å²) < 4.78 is 0. The van der Waals surface area contributed by atoms with Gasteiger partial charge in [-0.25, -0.2) is 0 Å². The lowest BCUT2D eigenvalue weighted by atomic mass is 9.99. The van der Waals surface area contributed by atoms with Crippen LogP contribution in [0.2, 0.25) is 0 Å². The highest BCUT2D eigenvalue weighted by atomic mass is 15.2. The van der Waals surface area contributed by atoms with E-state index < -0.39 is 0 Å². The van der Waals surface area contributed by atoms with Crippen LogP contribution in [0, 0.1) is 0 Å². The largest absolute Gasteiger partial charge is 0.312 e. The average molecular weight is 473 g/mol. The van der Waals surface area contributed by atoms with E-state index in [0.29, 0.717) is 0 Å². The standard InChI is InChI=1S/C31H44N4/c1-8-11-15-24(10-3)25-16-12-18-27(20-25)30(32)34-31(33-23(4)5)28-19-13-17-26(21-28)29(14-9-2)22-35(6)7/h8-9,11-21,23,30-31,33-34H,2,10,22,32H2,1,3-7H3/b11-8-,24-15+,29-14+.